The fourth-order valence-electron chi connectivity index (χ4n) is 2.63. The van der Waals surface area contributed by atoms with Gasteiger partial charge in [-0.25, -0.2) is 0 Å². The lowest BCUT2D eigenvalue weighted by molar-refractivity contribution is 0.414. The van der Waals surface area contributed by atoms with Crippen molar-refractivity contribution >= 4 is 0 Å². The van der Waals surface area contributed by atoms with Crippen LogP contribution in [0.25, 0.3) is 0 Å². The van der Waals surface area contributed by atoms with Gasteiger partial charge in [0.05, 0.1) is 19.9 Å². The molecule has 0 aliphatic carbocycles. The molecule has 0 aliphatic rings. The summed E-state index contributed by atoms with van der Waals surface area (Å²) in [7, 11) is 1.69. The maximum absolute atomic E-state index is 5.42. The van der Waals surface area contributed by atoms with E-state index in [1.165, 1.54) is 11.1 Å². The van der Waals surface area contributed by atoms with Gasteiger partial charge in [-0.15, -0.1) is 0 Å². The van der Waals surface area contributed by atoms with E-state index in [0.717, 1.165) is 17.9 Å². The molecule has 1 N–H and O–H groups in total. The number of methoxy groups -OCH3 is 1. The van der Waals surface area contributed by atoms with Crippen LogP contribution in [0.3, 0.4) is 0 Å². The van der Waals surface area contributed by atoms with Crippen molar-refractivity contribution < 1.29 is 9.15 Å². The van der Waals surface area contributed by atoms with E-state index in [1.54, 1.807) is 13.4 Å². The maximum atomic E-state index is 5.42. The van der Waals surface area contributed by atoms with Gasteiger partial charge in [0.15, 0.2) is 0 Å². The predicted molar refractivity (Wildman–Crippen MR) is 91.4 cm³/mol. The van der Waals surface area contributed by atoms with E-state index >= 15 is 0 Å². The van der Waals surface area contributed by atoms with Crippen molar-refractivity contribution in [2.45, 2.75) is 19.0 Å². The van der Waals surface area contributed by atoms with E-state index in [4.69, 9.17) is 9.15 Å². The highest BCUT2D eigenvalue weighted by atomic mass is 16.5. The van der Waals surface area contributed by atoms with Crippen LogP contribution in [0.2, 0.25) is 0 Å². The Morgan fingerprint density at radius 3 is 2.39 bits per heavy atom. The molecule has 0 saturated carbocycles. The maximum Gasteiger partial charge on any atom is 0.118 e. The monoisotopic (exact) mass is 307 g/mol. The zero-order valence-corrected chi connectivity index (χ0v) is 13.2. The second kappa shape index (κ2) is 7.65. The molecule has 0 saturated heterocycles. The molecule has 1 heterocycles. The number of hydrogen-bond donors (Lipinski definition) is 1. The fraction of sp³-hybridized carbons (Fsp3) is 0.200. The van der Waals surface area contributed by atoms with Gasteiger partial charge in [0, 0.05) is 6.04 Å². The van der Waals surface area contributed by atoms with Crippen LogP contribution < -0.4 is 10.1 Å². The van der Waals surface area contributed by atoms with Crippen molar-refractivity contribution in [2.75, 3.05) is 7.11 Å². The highest BCUT2D eigenvalue weighted by molar-refractivity contribution is 5.29. The first-order valence-electron chi connectivity index (χ1n) is 7.79. The highest BCUT2D eigenvalue weighted by Crippen LogP contribution is 2.21. The molecule has 1 unspecified atom stereocenters. The van der Waals surface area contributed by atoms with Gasteiger partial charge < -0.3 is 14.5 Å². The zero-order chi connectivity index (χ0) is 15.9. The Morgan fingerprint density at radius 1 is 0.957 bits per heavy atom. The third-order valence-electron chi connectivity index (χ3n) is 3.90. The van der Waals surface area contributed by atoms with Crippen LogP contribution >= 0.6 is 0 Å². The average molecular weight is 307 g/mol. The van der Waals surface area contributed by atoms with E-state index in [2.05, 4.69) is 41.7 Å². The Kier molecular flexibility index (Phi) is 5.12. The number of furan rings is 1. The van der Waals surface area contributed by atoms with Gasteiger partial charge in [-0.1, -0.05) is 42.5 Å². The lowest BCUT2D eigenvalue weighted by atomic mass is 9.98. The lowest BCUT2D eigenvalue weighted by Gasteiger charge is -2.19. The summed E-state index contributed by atoms with van der Waals surface area (Å²) in [5, 5.41) is 3.59. The molecule has 2 aromatic carbocycles. The number of ether oxygens (including phenoxy) is 1. The molecular formula is C20H21NO2. The Labute approximate surface area is 136 Å². The standard InChI is InChI=1S/C20H21NO2/c1-22-18-11-9-16(10-12-18)14-20(17-6-3-2-4-7-17)21-15-19-8-5-13-23-19/h2-13,20-21H,14-15H2,1H3. The van der Waals surface area contributed by atoms with Gasteiger partial charge in [0.2, 0.25) is 0 Å². The molecule has 0 bridgehead atoms. The molecule has 0 radical (unpaired) electrons. The van der Waals surface area contributed by atoms with Gasteiger partial charge in [-0.2, -0.15) is 0 Å². The van der Waals surface area contributed by atoms with Crippen molar-refractivity contribution in [1.82, 2.24) is 5.32 Å². The summed E-state index contributed by atoms with van der Waals surface area (Å²) in [5.41, 5.74) is 2.54. The fourth-order valence-corrected chi connectivity index (χ4v) is 2.63. The minimum atomic E-state index is 0.231. The molecule has 3 nitrogen and oxygen atoms in total. The summed E-state index contributed by atoms with van der Waals surface area (Å²) < 4.78 is 10.6. The summed E-state index contributed by atoms with van der Waals surface area (Å²) in [6.07, 6.45) is 2.62. The Morgan fingerprint density at radius 2 is 1.74 bits per heavy atom. The van der Waals surface area contributed by atoms with Crippen LogP contribution in [-0.2, 0) is 13.0 Å². The van der Waals surface area contributed by atoms with Crippen LogP contribution in [-0.4, -0.2) is 7.11 Å². The Hall–Kier alpha value is -2.52. The van der Waals surface area contributed by atoms with Crippen LogP contribution in [0.4, 0.5) is 0 Å². The van der Waals surface area contributed by atoms with Gasteiger partial charge >= 0.3 is 0 Å². The normalized spacial score (nSPS) is 12.0. The van der Waals surface area contributed by atoms with Gasteiger partial charge in [0.1, 0.15) is 11.5 Å². The molecule has 118 valence electrons. The first-order chi connectivity index (χ1) is 11.3. The SMILES string of the molecule is COc1ccc(CC(NCc2ccco2)c2ccccc2)cc1. The highest BCUT2D eigenvalue weighted by Gasteiger charge is 2.12. The van der Waals surface area contributed by atoms with Gasteiger partial charge in [-0.3, -0.25) is 0 Å². The van der Waals surface area contributed by atoms with Crippen molar-refractivity contribution in [3.8, 4) is 5.75 Å². The number of nitrogens with one attached hydrogen (secondary N) is 1. The smallest absolute Gasteiger partial charge is 0.118 e. The molecular weight excluding hydrogens is 286 g/mol. The quantitative estimate of drug-likeness (QED) is 0.704. The first kappa shape index (κ1) is 15.4. The summed E-state index contributed by atoms with van der Waals surface area (Å²) in [5.74, 6) is 1.83. The van der Waals surface area contributed by atoms with Crippen molar-refractivity contribution in [1.29, 1.82) is 0 Å². The Bertz CT molecular complexity index is 690. The molecule has 3 heteroatoms. The molecule has 0 spiro atoms. The summed E-state index contributed by atoms with van der Waals surface area (Å²) in [6, 6.07) is 22.9. The van der Waals surface area contributed by atoms with Crippen molar-refractivity contribution in [3.05, 3.63) is 89.9 Å². The molecule has 23 heavy (non-hydrogen) atoms. The third-order valence-corrected chi connectivity index (χ3v) is 3.90. The largest absolute Gasteiger partial charge is 0.497 e. The lowest BCUT2D eigenvalue weighted by Crippen LogP contribution is -2.22. The second-order valence-corrected chi connectivity index (χ2v) is 5.48. The van der Waals surface area contributed by atoms with Crippen molar-refractivity contribution in [3.63, 3.8) is 0 Å². The van der Waals surface area contributed by atoms with Gasteiger partial charge in [-0.05, 0) is 41.8 Å². The van der Waals surface area contributed by atoms with Crippen LogP contribution in [0, 0.1) is 0 Å². The Balaban J connectivity index is 1.73. The van der Waals surface area contributed by atoms with Crippen LogP contribution in [0.1, 0.15) is 22.9 Å². The summed E-state index contributed by atoms with van der Waals surface area (Å²) in [6.45, 7) is 0.711. The van der Waals surface area contributed by atoms with Gasteiger partial charge in [0.25, 0.3) is 0 Å². The van der Waals surface area contributed by atoms with E-state index in [1.807, 2.05) is 30.3 Å². The van der Waals surface area contributed by atoms with Crippen LogP contribution in [0.5, 0.6) is 5.75 Å². The van der Waals surface area contributed by atoms with Crippen molar-refractivity contribution in [2.24, 2.45) is 0 Å². The first-order valence-corrected chi connectivity index (χ1v) is 7.79. The zero-order valence-electron chi connectivity index (χ0n) is 13.2. The number of rotatable bonds is 7. The van der Waals surface area contributed by atoms with Crippen LogP contribution in [0.15, 0.2) is 77.4 Å². The molecule has 0 aliphatic heterocycles. The average Bonchev–Trinajstić information content (AvgIpc) is 3.13. The molecule has 3 rings (SSSR count). The number of hydrogen-bond acceptors (Lipinski definition) is 3. The summed E-state index contributed by atoms with van der Waals surface area (Å²) >= 11 is 0. The van der Waals surface area contributed by atoms with E-state index in [-0.39, 0.29) is 6.04 Å². The minimum absolute atomic E-state index is 0.231. The van der Waals surface area contributed by atoms with E-state index < -0.39 is 0 Å². The van der Waals surface area contributed by atoms with E-state index in [9.17, 15) is 0 Å². The predicted octanol–water partition coefficient (Wildman–Crippen LogP) is 4.36. The minimum Gasteiger partial charge on any atom is -0.497 e. The third kappa shape index (κ3) is 4.24. The number of benzene rings is 2. The molecule has 0 amide bonds. The summed E-state index contributed by atoms with van der Waals surface area (Å²) in [4.78, 5) is 0. The molecule has 1 atom stereocenters. The molecule has 0 fully saturated rings. The second-order valence-electron chi connectivity index (χ2n) is 5.48. The van der Waals surface area contributed by atoms with E-state index in [0.29, 0.717) is 6.54 Å². The molecule has 3 aromatic rings. The molecule has 1 aromatic heterocycles. The topological polar surface area (TPSA) is 34.4 Å².